The number of rotatable bonds is 11. The number of unbranched alkanes of at least 4 members (excludes halogenated alkanes) is 2. The van der Waals surface area contributed by atoms with Gasteiger partial charge in [-0.1, -0.05) is 26.7 Å². The number of thioether (sulfide) groups is 1. The SMILES string of the molecule is CCCCCSCCC(C)(NCCC)C(=O)OC. The summed E-state index contributed by atoms with van der Waals surface area (Å²) in [6.45, 7) is 7.12. The topological polar surface area (TPSA) is 38.3 Å². The van der Waals surface area contributed by atoms with Crippen molar-refractivity contribution in [3.05, 3.63) is 0 Å². The monoisotopic (exact) mass is 275 g/mol. The number of hydrogen-bond donors (Lipinski definition) is 1. The number of ether oxygens (including phenoxy) is 1. The van der Waals surface area contributed by atoms with Gasteiger partial charge >= 0.3 is 5.97 Å². The Bertz CT molecular complexity index is 224. The summed E-state index contributed by atoms with van der Waals surface area (Å²) >= 11 is 1.93. The highest BCUT2D eigenvalue weighted by Gasteiger charge is 2.32. The molecule has 0 fully saturated rings. The Balaban J connectivity index is 3.97. The van der Waals surface area contributed by atoms with Gasteiger partial charge < -0.3 is 10.1 Å². The van der Waals surface area contributed by atoms with E-state index < -0.39 is 5.54 Å². The lowest BCUT2D eigenvalue weighted by Crippen LogP contribution is -2.50. The molecule has 3 nitrogen and oxygen atoms in total. The van der Waals surface area contributed by atoms with Crippen LogP contribution < -0.4 is 5.32 Å². The van der Waals surface area contributed by atoms with Gasteiger partial charge in [-0.2, -0.15) is 11.8 Å². The Hall–Kier alpha value is -0.220. The predicted octanol–water partition coefficient (Wildman–Crippen LogP) is 3.23. The first-order chi connectivity index (χ1) is 8.60. The third-order valence-corrected chi connectivity index (χ3v) is 4.11. The van der Waals surface area contributed by atoms with Crippen molar-refractivity contribution in [2.45, 2.75) is 58.4 Å². The quantitative estimate of drug-likeness (QED) is 0.464. The van der Waals surface area contributed by atoms with Gasteiger partial charge in [-0.05, 0) is 44.2 Å². The van der Waals surface area contributed by atoms with Gasteiger partial charge in [0.05, 0.1) is 7.11 Å². The average molecular weight is 275 g/mol. The molecule has 108 valence electrons. The van der Waals surface area contributed by atoms with E-state index in [0.29, 0.717) is 0 Å². The first-order valence-corrected chi connectivity index (χ1v) is 8.17. The van der Waals surface area contributed by atoms with Gasteiger partial charge in [-0.25, -0.2) is 0 Å². The lowest BCUT2D eigenvalue weighted by Gasteiger charge is -2.27. The molecule has 0 spiro atoms. The van der Waals surface area contributed by atoms with E-state index in [1.165, 1.54) is 32.1 Å². The first kappa shape index (κ1) is 17.8. The van der Waals surface area contributed by atoms with Crippen LogP contribution in [0.15, 0.2) is 0 Å². The zero-order valence-electron chi connectivity index (χ0n) is 12.4. The molecule has 0 aromatic heterocycles. The van der Waals surface area contributed by atoms with Crippen LogP contribution in [0.3, 0.4) is 0 Å². The number of hydrogen-bond acceptors (Lipinski definition) is 4. The van der Waals surface area contributed by atoms with E-state index in [0.717, 1.165) is 25.1 Å². The maximum atomic E-state index is 11.8. The normalized spacial score (nSPS) is 14.2. The van der Waals surface area contributed by atoms with Crippen molar-refractivity contribution in [2.24, 2.45) is 0 Å². The molecule has 4 heteroatoms. The van der Waals surface area contributed by atoms with Crippen molar-refractivity contribution in [1.82, 2.24) is 5.32 Å². The Morgan fingerprint density at radius 2 is 1.94 bits per heavy atom. The number of esters is 1. The highest BCUT2D eigenvalue weighted by atomic mass is 32.2. The van der Waals surface area contributed by atoms with Gasteiger partial charge in [0.2, 0.25) is 0 Å². The number of carbonyl (C=O) groups is 1. The second-order valence-electron chi connectivity index (χ2n) is 4.82. The second-order valence-corrected chi connectivity index (χ2v) is 6.04. The Morgan fingerprint density at radius 1 is 1.22 bits per heavy atom. The molecule has 1 atom stereocenters. The minimum Gasteiger partial charge on any atom is -0.468 e. The van der Waals surface area contributed by atoms with Crippen LogP contribution in [0.25, 0.3) is 0 Å². The van der Waals surface area contributed by atoms with Gasteiger partial charge in [0.25, 0.3) is 0 Å². The molecule has 1 N–H and O–H groups in total. The molecule has 0 rings (SSSR count). The first-order valence-electron chi connectivity index (χ1n) is 7.02. The zero-order valence-corrected chi connectivity index (χ0v) is 13.2. The van der Waals surface area contributed by atoms with Crippen LogP contribution in [0.5, 0.6) is 0 Å². The summed E-state index contributed by atoms with van der Waals surface area (Å²) in [5.74, 6) is 2.05. The van der Waals surface area contributed by atoms with Gasteiger partial charge in [0.1, 0.15) is 5.54 Å². The summed E-state index contributed by atoms with van der Waals surface area (Å²) in [5, 5.41) is 3.31. The Morgan fingerprint density at radius 3 is 2.50 bits per heavy atom. The van der Waals surface area contributed by atoms with Gasteiger partial charge in [-0.3, -0.25) is 4.79 Å². The molecule has 0 radical (unpaired) electrons. The van der Waals surface area contributed by atoms with E-state index in [4.69, 9.17) is 4.74 Å². The van der Waals surface area contributed by atoms with E-state index in [1.807, 2.05) is 18.7 Å². The minimum atomic E-state index is -0.525. The lowest BCUT2D eigenvalue weighted by molar-refractivity contribution is -0.148. The third-order valence-electron chi connectivity index (χ3n) is 3.04. The second kappa shape index (κ2) is 10.7. The standard InChI is InChI=1S/C14H29NO2S/c1-5-7-8-11-18-12-9-14(3,13(16)17-4)15-10-6-2/h15H,5-12H2,1-4H3. The predicted molar refractivity (Wildman–Crippen MR) is 80.2 cm³/mol. The van der Waals surface area contributed by atoms with Gasteiger partial charge in [0, 0.05) is 0 Å². The van der Waals surface area contributed by atoms with E-state index in [2.05, 4.69) is 19.2 Å². The molecule has 0 aliphatic rings. The van der Waals surface area contributed by atoms with Crippen molar-refractivity contribution in [1.29, 1.82) is 0 Å². The summed E-state index contributed by atoms with van der Waals surface area (Å²) in [5.41, 5.74) is -0.525. The Labute approximate surface area is 116 Å². The van der Waals surface area contributed by atoms with Crippen molar-refractivity contribution < 1.29 is 9.53 Å². The molecule has 0 aromatic rings. The van der Waals surface area contributed by atoms with Crippen molar-refractivity contribution in [2.75, 3.05) is 25.2 Å². The molecular weight excluding hydrogens is 246 g/mol. The summed E-state index contributed by atoms with van der Waals surface area (Å²) < 4.78 is 4.90. The smallest absolute Gasteiger partial charge is 0.325 e. The number of nitrogens with one attached hydrogen (secondary N) is 1. The maximum Gasteiger partial charge on any atom is 0.325 e. The lowest BCUT2D eigenvalue weighted by atomic mass is 9.99. The van der Waals surface area contributed by atoms with Crippen molar-refractivity contribution in [3.63, 3.8) is 0 Å². The molecule has 0 heterocycles. The third kappa shape index (κ3) is 7.27. The van der Waals surface area contributed by atoms with E-state index in [9.17, 15) is 4.79 Å². The van der Waals surface area contributed by atoms with Crippen molar-refractivity contribution >= 4 is 17.7 Å². The number of carbonyl (C=O) groups excluding carboxylic acids is 1. The molecular formula is C14H29NO2S. The molecule has 0 bridgehead atoms. The van der Waals surface area contributed by atoms with E-state index >= 15 is 0 Å². The van der Waals surface area contributed by atoms with Crippen molar-refractivity contribution in [3.8, 4) is 0 Å². The van der Waals surface area contributed by atoms with Crippen LogP contribution in [0.4, 0.5) is 0 Å². The van der Waals surface area contributed by atoms with Gasteiger partial charge in [-0.15, -0.1) is 0 Å². The van der Waals surface area contributed by atoms with E-state index in [1.54, 1.807) is 0 Å². The van der Waals surface area contributed by atoms with Crippen LogP contribution >= 0.6 is 11.8 Å². The van der Waals surface area contributed by atoms with Crippen LogP contribution in [0.1, 0.15) is 52.9 Å². The minimum absolute atomic E-state index is 0.148. The summed E-state index contributed by atoms with van der Waals surface area (Å²) in [7, 11) is 1.46. The largest absolute Gasteiger partial charge is 0.468 e. The maximum absolute atomic E-state index is 11.8. The Kier molecular flexibility index (Phi) is 10.5. The van der Waals surface area contributed by atoms with E-state index in [-0.39, 0.29) is 5.97 Å². The molecule has 18 heavy (non-hydrogen) atoms. The molecule has 0 saturated heterocycles. The fraction of sp³-hybridized carbons (Fsp3) is 0.929. The van der Waals surface area contributed by atoms with Crippen LogP contribution in [0, 0.1) is 0 Å². The van der Waals surface area contributed by atoms with Crippen LogP contribution in [0.2, 0.25) is 0 Å². The summed E-state index contributed by atoms with van der Waals surface area (Å²) in [4.78, 5) is 11.8. The fourth-order valence-corrected chi connectivity index (χ4v) is 2.89. The highest BCUT2D eigenvalue weighted by molar-refractivity contribution is 7.99. The zero-order chi connectivity index (χ0) is 13.9. The molecule has 0 aliphatic heterocycles. The van der Waals surface area contributed by atoms with Gasteiger partial charge in [0.15, 0.2) is 0 Å². The average Bonchev–Trinajstić information content (AvgIpc) is 2.39. The molecule has 1 unspecified atom stereocenters. The molecule has 0 amide bonds. The van der Waals surface area contributed by atoms with Crippen LogP contribution in [-0.2, 0) is 9.53 Å². The fourth-order valence-electron chi connectivity index (χ4n) is 1.72. The summed E-state index contributed by atoms with van der Waals surface area (Å²) in [6.07, 6.45) is 5.69. The number of methoxy groups -OCH3 is 1. The molecule has 0 saturated carbocycles. The highest BCUT2D eigenvalue weighted by Crippen LogP contribution is 2.17. The molecule has 0 aliphatic carbocycles. The molecule has 0 aromatic carbocycles. The summed E-state index contributed by atoms with van der Waals surface area (Å²) in [6, 6.07) is 0. The van der Waals surface area contributed by atoms with Crippen LogP contribution in [-0.4, -0.2) is 36.7 Å².